The Bertz CT molecular complexity index is 927. The van der Waals surface area contributed by atoms with Gasteiger partial charge < -0.3 is 31.9 Å². The van der Waals surface area contributed by atoms with Crippen LogP contribution in [0.3, 0.4) is 0 Å². The van der Waals surface area contributed by atoms with Gasteiger partial charge in [-0.05, 0) is 29.7 Å². The number of rotatable bonds is 4. The summed E-state index contributed by atoms with van der Waals surface area (Å²) in [7, 11) is 0. The van der Waals surface area contributed by atoms with Crippen molar-refractivity contribution >= 4 is 11.4 Å². The molecule has 6 heteroatoms. The Morgan fingerprint density at radius 1 is 0.704 bits per heavy atom. The zero-order chi connectivity index (χ0) is 19.7. The number of benzene rings is 3. The third-order valence-corrected chi connectivity index (χ3v) is 4.79. The molecule has 0 heterocycles. The molecule has 0 bridgehead atoms. The van der Waals surface area contributed by atoms with Crippen molar-refractivity contribution < 1.29 is 20.4 Å². The van der Waals surface area contributed by atoms with E-state index in [9.17, 15) is 20.4 Å². The van der Waals surface area contributed by atoms with E-state index in [0.29, 0.717) is 11.1 Å². The monoisotopic (exact) mass is 366 g/mol. The standard InChI is InChI=1S/C21H22N2O4/c1-2-11-3-5-12(6-4-11)17(13-7-9-15(24)18(22)20(13)26)14-8-10-16(25)19(23)21(14)27/h3-10,17,24-27H,2,22-23H2,1H3. The van der Waals surface area contributed by atoms with E-state index in [4.69, 9.17) is 11.5 Å². The first-order valence-electron chi connectivity index (χ1n) is 8.54. The average molecular weight is 366 g/mol. The van der Waals surface area contributed by atoms with Crippen LogP contribution in [0, 0.1) is 0 Å². The minimum Gasteiger partial charge on any atom is -0.506 e. The van der Waals surface area contributed by atoms with Crippen LogP contribution < -0.4 is 11.5 Å². The van der Waals surface area contributed by atoms with Gasteiger partial charge in [-0.3, -0.25) is 0 Å². The zero-order valence-corrected chi connectivity index (χ0v) is 14.8. The van der Waals surface area contributed by atoms with E-state index >= 15 is 0 Å². The molecule has 0 saturated heterocycles. The lowest BCUT2D eigenvalue weighted by Crippen LogP contribution is -2.06. The molecule has 0 radical (unpaired) electrons. The van der Waals surface area contributed by atoms with Gasteiger partial charge in [-0.2, -0.15) is 0 Å². The van der Waals surface area contributed by atoms with Crippen LogP contribution in [0.25, 0.3) is 0 Å². The highest BCUT2D eigenvalue weighted by molar-refractivity contribution is 5.71. The Morgan fingerprint density at radius 3 is 1.56 bits per heavy atom. The largest absolute Gasteiger partial charge is 0.506 e. The molecule has 0 aliphatic rings. The van der Waals surface area contributed by atoms with E-state index < -0.39 is 5.92 Å². The van der Waals surface area contributed by atoms with Crippen LogP contribution in [0.15, 0.2) is 48.5 Å². The SMILES string of the molecule is CCc1ccc(C(c2ccc(O)c(N)c2O)c2ccc(O)c(N)c2O)cc1. The van der Waals surface area contributed by atoms with Gasteiger partial charge in [0.1, 0.15) is 34.4 Å². The molecule has 3 aromatic carbocycles. The van der Waals surface area contributed by atoms with E-state index in [1.165, 1.54) is 12.1 Å². The number of hydrogen-bond acceptors (Lipinski definition) is 6. The first-order valence-corrected chi connectivity index (χ1v) is 8.54. The van der Waals surface area contributed by atoms with E-state index in [0.717, 1.165) is 17.5 Å². The van der Waals surface area contributed by atoms with Crippen LogP contribution in [0.5, 0.6) is 23.0 Å². The van der Waals surface area contributed by atoms with Gasteiger partial charge in [0.2, 0.25) is 0 Å². The van der Waals surface area contributed by atoms with Gasteiger partial charge in [-0.1, -0.05) is 43.3 Å². The predicted octanol–water partition coefficient (Wildman–Crippen LogP) is 3.42. The summed E-state index contributed by atoms with van der Waals surface area (Å²) in [5, 5.41) is 40.6. The number of aromatic hydroxyl groups is 4. The fourth-order valence-corrected chi connectivity index (χ4v) is 3.17. The van der Waals surface area contributed by atoms with Crippen molar-refractivity contribution in [3.63, 3.8) is 0 Å². The molecule has 0 fully saturated rings. The summed E-state index contributed by atoms with van der Waals surface area (Å²) in [4.78, 5) is 0. The fraction of sp³-hybridized carbons (Fsp3) is 0.143. The summed E-state index contributed by atoms with van der Waals surface area (Å²) >= 11 is 0. The highest BCUT2D eigenvalue weighted by Crippen LogP contribution is 2.47. The quantitative estimate of drug-likeness (QED) is 0.238. The summed E-state index contributed by atoms with van der Waals surface area (Å²) in [6.07, 6.45) is 0.875. The first-order chi connectivity index (χ1) is 12.8. The zero-order valence-electron chi connectivity index (χ0n) is 14.8. The van der Waals surface area contributed by atoms with Gasteiger partial charge in [0.05, 0.1) is 0 Å². The highest BCUT2D eigenvalue weighted by Gasteiger charge is 2.26. The Balaban J connectivity index is 2.27. The van der Waals surface area contributed by atoms with Crippen LogP contribution in [0.1, 0.15) is 35.1 Å². The van der Waals surface area contributed by atoms with E-state index in [1.54, 1.807) is 12.1 Å². The first kappa shape index (κ1) is 18.3. The molecule has 8 N–H and O–H groups in total. The van der Waals surface area contributed by atoms with Gasteiger partial charge in [0, 0.05) is 17.0 Å². The number of anilines is 2. The van der Waals surface area contributed by atoms with Gasteiger partial charge in [0.25, 0.3) is 0 Å². The fourth-order valence-electron chi connectivity index (χ4n) is 3.17. The van der Waals surface area contributed by atoms with Crippen LogP contribution in [-0.2, 0) is 6.42 Å². The number of aryl methyl sites for hydroxylation is 1. The maximum Gasteiger partial charge on any atom is 0.146 e. The van der Waals surface area contributed by atoms with Crippen molar-refractivity contribution in [2.75, 3.05) is 11.5 Å². The van der Waals surface area contributed by atoms with Crippen molar-refractivity contribution in [3.8, 4) is 23.0 Å². The van der Waals surface area contributed by atoms with Gasteiger partial charge >= 0.3 is 0 Å². The Hall–Kier alpha value is -3.54. The molecule has 0 unspecified atom stereocenters. The van der Waals surface area contributed by atoms with Crippen LogP contribution in [0.2, 0.25) is 0 Å². The van der Waals surface area contributed by atoms with Crippen molar-refractivity contribution in [3.05, 3.63) is 70.8 Å². The molecule has 3 rings (SSSR count). The Labute approximate surface area is 156 Å². The molecule has 0 spiro atoms. The normalized spacial score (nSPS) is 11.0. The molecule has 6 nitrogen and oxygen atoms in total. The lowest BCUT2D eigenvalue weighted by atomic mass is 9.83. The maximum atomic E-state index is 10.5. The molecule has 27 heavy (non-hydrogen) atoms. The van der Waals surface area contributed by atoms with Crippen LogP contribution in [0.4, 0.5) is 11.4 Å². The molecule has 0 amide bonds. The topological polar surface area (TPSA) is 133 Å². The highest BCUT2D eigenvalue weighted by atomic mass is 16.3. The third kappa shape index (κ3) is 3.17. The average Bonchev–Trinajstić information content (AvgIpc) is 2.68. The van der Waals surface area contributed by atoms with Crippen molar-refractivity contribution in [1.29, 1.82) is 0 Å². The van der Waals surface area contributed by atoms with Crippen LogP contribution in [-0.4, -0.2) is 20.4 Å². The summed E-state index contributed by atoms with van der Waals surface area (Å²) in [6.45, 7) is 2.05. The molecule has 140 valence electrons. The molecule has 0 aromatic heterocycles. The van der Waals surface area contributed by atoms with Crippen LogP contribution >= 0.6 is 0 Å². The second kappa shape index (κ2) is 6.99. The second-order valence-electron chi connectivity index (χ2n) is 6.40. The predicted molar refractivity (Wildman–Crippen MR) is 105 cm³/mol. The van der Waals surface area contributed by atoms with Crippen molar-refractivity contribution in [2.45, 2.75) is 19.3 Å². The lowest BCUT2D eigenvalue weighted by Gasteiger charge is -2.23. The van der Waals surface area contributed by atoms with E-state index in [-0.39, 0.29) is 34.4 Å². The van der Waals surface area contributed by atoms with E-state index in [1.807, 2.05) is 31.2 Å². The summed E-state index contributed by atoms with van der Waals surface area (Å²) in [6, 6.07) is 13.6. The van der Waals surface area contributed by atoms with Gasteiger partial charge in [-0.25, -0.2) is 0 Å². The molecular weight excluding hydrogens is 344 g/mol. The lowest BCUT2D eigenvalue weighted by molar-refractivity contribution is 0.444. The minimum absolute atomic E-state index is 0.145. The molecule has 0 atom stereocenters. The van der Waals surface area contributed by atoms with Crippen molar-refractivity contribution in [1.82, 2.24) is 0 Å². The van der Waals surface area contributed by atoms with Crippen molar-refractivity contribution in [2.24, 2.45) is 0 Å². The molecule has 0 aliphatic heterocycles. The molecular formula is C21H22N2O4. The molecule has 3 aromatic rings. The number of nitrogen functional groups attached to an aromatic ring is 2. The smallest absolute Gasteiger partial charge is 0.146 e. The van der Waals surface area contributed by atoms with Gasteiger partial charge in [-0.15, -0.1) is 0 Å². The number of hydrogen-bond donors (Lipinski definition) is 6. The summed E-state index contributed by atoms with van der Waals surface area (Å²) in [5.74, 6) is -1.62. The Morgan fingerprint density at radius 2 is 1.15 bits per heavy atom. The molecule has 0 saturated carbocycles. The number of phenolic OH excluding ortho intramolecular Hbond substituents is 4. The van der Waals surface area contributed by atoms with E-state index in [2.05, 4.69) is 0 Å². The van der Waals surface area contributed by atoms with Gasteiger partial charge in [0.15, 0.2) is 0 Å². The summed E-state index contributed by atoms with van der Waals surface area (Å²) in [5.41, 5.74) is 14.0. The third-order valence-electron chi connectivity index (χ3n) is 4.79. The number of nitrogens with two attached hydrogens (primary N) is 2. The minimum atomic E-state index is -0.610. The number of phenols is 4. The Kier molecular flexibility index (Phi) is 4.73. The second-order valence-corrected chi connectivity index (χ2v) is 6.40. The maximum absolute atomic E-state index is 10.5. The summed E-state index contributed by atoms with van der Waals surface area (Å²) < 4.78 is 0. The molecule has 0 aliphatic carbocycles.